The summed E-state index contributed by atoms with van der Waals surface area (Å²) in [5.74, 6) is 0.129. The second-order valence-electron chi connectivity index (χ2n) is 5.23. The van der Waals surface area contributed by atoms with Crippen LogP contribution in [-0.2, 0) is 6.18 Å². The van der Waals surface area contributed by atoms with Crippen LogP contribution < -0.4 is 15.7 Å². The number of benzene rings is 2. The monoisotopic (exact) mass is 385 g/mol. The summed E-state index contributed by atoms with van der Waals surface area (Å²) in [7, 11) is 3.30. The Kier molecular flexibility index (Phi) is 6.04. The number of anilines is 1. The lowest BCUT2D eigenvalue weighted by molar-refractivity contribution is -0.137. The number of methoxy groups -OCH3 is 1. The van der Waals surface area contributed by atoms with Gasteiger partial charge in [-0.05, 0) is 24.3 Å². The second-order valence-corrected chi connectivity index (χ2v) is 5.23. The molecule has 0 aliphatic heterocycles. The van der Waals surface area contributed by atoms with Crippen molar-refractivity contribution in [3.63, 3.8) is 0 Å². The van der Waals surface area contributed by atoms with Gasteiger partial charge in [0.1, 0.15) is 11.6 Å². The Hall–Kier alpha value is -3.10. The van der Waals surface area contributed by atoms with Crippen molar-refractivity contribution in [1.82, 2.24) is 9.55 Å². The van der Waals surface area contributed by atoms with Crippen LogP contribution in [0.2, 0.25) is 0 Å². The van der Waals surface area contributed by atoms with Crippen molar-refractivity contribution in [2.45, 2.75) is 6.18 Å². The van der Waals surface area contributed by atoms with Crippen molar-refractivity contribution in [3.05, 3.63) is 58.5 Å². The molecule has 0 saturated carbocycles. The summed E-state index contributed by atoms with van der Waals surface area (Å²) in [5, 5.41) is 3.03. The highest BCUT2D eigenvalue weighted by Gasteiger charge is 2.33. The molecular formula is C18H19F4N3O2. The van der Waals surface area contributed by atoms with Gasteiger partial charge in [-0.25, -0.2) is 4.79 Å². The maximum atomic E-state index is 13.3. The predicted octanol–water partition coefficient (Wildman–Crippen LogP) is 4.29. The Morgan fingerprint density at radius 1 is 1.15 bits per heavy atom. The van der Waals surface area contributed by atoms with Gasteiger partial charge in [-0.2, -0.15) is 18.2 Å². The molecule has 3 aromatic rings. The van der Waals surface area contributed by atoms with Crippen molar-refractivity contribution in [1.29, 1.82) is 0 Å². The van der Waals surface area contributed by atoms with Crippen LogP contribution in [0.1, 0.15) is 6.99 Å². The van der Waals surface area contributed by atoms with Crippen molar-refractivity contribution in [2.75, 3.05) is 26.7 Å². The van der Waals surface area contributed by atoms with Gasteiger partial charge in [0.15, 0.2) is 0 Å². The lowest BCUT2D eigenvalue weighted by atomic mass is 10.1. The maximum Gasteiger partial charge on any atom is 0.416 e. The first-order valence-corrected chi connectivity index (χ1v) is 7.69. The summed E-state index contributed by atoms with van der Waals surface area (Å²) in [6, 6.07) is 10.2. The van der Waals surface area contributed by atoms with Gasteiger partial charge in [0.2, 0.25) is 0 Å². The van der Waals surface area contributed by atoms with Crippen molar-refractivity contribution in [2.24, 2.45) is 0 Å². The molecule has 0 fully saturated rings. The average molecular weight is 385 g/mol. The zero-order valence-electron chi connectivity index (χ0n) is 14.8. The van der Waals surface area contributed by atoms with Crippen molar-refractivity contribution in [3.8, 4) is 11.4 Å². The molecule has 9 heteroatoms. The van der Waals surface area contributed by atoms with Gasteiger partial charge < -0.3 is 10.1 Å². The third-order valence-corrected chi connectivity index (χ3v) is 3.76. The van der Waals surface area contributed by atoms with Crippen LogP contribution in [0.15, 0.2) is 47.3 Å². The first-order valence-electron chi connectivity index (χ1n) is 7.69. The molecule has 146 valence electrons. The van der Waals surface area contributed by atoms with Gasteiger partial charge in [0.05, 0.1) is 36.4 Å². The predicted molar refractivity (Wildman–Crippen MR) is 97.6 cm³/mol. The summed E-state index contributed by atoms with van der Waals surface area (Å²) >= 11 is 0. The van der Waals surface area contributed by atoms with Gasteiger partial charge in [0.25, 0.3) is 0 Å². The molecule has 0 atom stereocenters. The molecule has 0 bridgehead atoms. The van der Waals surface area contributed by atoms with Gasteiger partial charge >= 0.3 is 11.9 Å². The number of halogens is 4. The molecule has 1 N–H and O–H groups in total. The number of nitrogens with zero attached hydrogens (tertiary/aromatic N) is 2. The largest absolute Gasteiger partial charge is 0.496 e. The Morgan fingerprint density at radius 2 is 1.78 bits per heavy atom. The van der Waals surface area contributed by atoms with Crippen LogP contribution in [0.3, 0.4) is 0 Å². The van der Waals surface area contributed by atoms with Crippen LogP contribution in [0.5, 0.6) is 5.75 Å². The average Bonchev–Trinajstić information content (AvgIpc) is 2.67. The number of fused-ring (bicyclic) bond motifs is 1. The highest BCUT2D eigenvalue weighted by Crippen LogP contribution is 2.38. The number of alkyl halides is 4. The SMILES string of the molecule is CF.CNc1nc(=O)n(-c2ccccc2)c2cc(C(F)(F)F)cc(OC)c12.[HH]. The standard InChI is InChI=1S/C17H14F3N3O2.CH3F.H2/c1-21-15-14-12(8-10(17(18,19)20)9-13(14)25-2)23(16(24)22-15)11-6-4-3-5-7-11;1-2;/h3-9H,1-2H3,(H,21,22,24);1H3;1H. The van der Waals surface area contributed by atoms with E-state index >= 15 is 0 Å². The van der Waals surface area contributed by atoms with E-state index in [2.05, 4.69) is 10.3 Å². The van der Waals surface area contributed by atoms with Crippen LogP contribution in [0.4, 0.5) is 23.4 Å². The van der Waals surface area contributed by atoms with Crippen molar-refractivity contribution < 1.29 is 23.7 Å². The molecule has 0 spiro atoms. The molecule has 0 aliphatic carbocycles. The third kappa shape index (κ3) is 3.86. The van der Waals surface area contributed by atoms with E-state index in [4.69, 9.17) is 4.74 Å². The highest BCUT2D eigenvalue weighted by molar-refractivity contribution is 5.96. The first kappa shape index (κ1) is 20.2. The Bertz CT molecular complexity index is 992. The molecule has 2 aromatic carbocycles. The molecule has 1 heterocycles. The summed E-state index contributed by atoms with van der Waals surface area (Å²) < 4.78 is 55.6. The summed E-state index contributed by atoms with van der Waals surface area (Å²) in [6.07, 6.45) is -4.58. The zero-order valence-corrected chi connectivity index (χ0v) is 14.8. The van der Waals surface area contributed by atoms with Crippen LogP contribution in [0.25, 0.3) is 16.6 Å². The Morgan fingerprint density at radius 3 is 2.30 bits per heavy atom. The van der Waals surface area contributed by atoms with Crippen LogP contribution in [0, 0.1) is 0 Å². The van der Waals surface area contributed by atoms with E-state index in [9.17, 15) is 22.4 Å². The summed E-state index contributed by atoms with van der Waals surface area (Å²) in [6.45, 7) is 0. The smallest absolute Gasteiger partial charge is 0.416 e. The molecule has 27 heavy (non-hydrogen) atoms. The third-order valence-electron chi connectivity index (χ3n) is 3.76. The molecule has 0 aliphatic rings. The fourth-order valence-electron chi connectivity index (χ4n) is 2.65. The minimum absolute atomic E-state index is 0. The number of para-hydroxylation sites is 1. The molecule has 0 radical (unpaired) electrons. The lowest BCUT2D eigenvalue weighted by Gasteiger charge is -2.17. The molecule has 5 nitrogen and oxygen atoms in total. The quantitative estimate of drug-likeness (QED) is 0.684. The first-order chi connectivity index (χ1) is 12.9. The van der Waals surface area contributed by atoms with E-state index in [0.717, 1.165) is 16.7 Å². The molecule has 1 aromatic heterocycles. The normalized spacial score (nSPS) is 10.9. The van der Waals surface area contributed by atoms with E-state index in [0.29, 0.717) is 18.3 Å². The van der Waals surface area contributed by atoms with Gasteiger partial charge in [0, 0.05) is 8.47 Å². The van der Waals surface area contributed by atoms with Gasteiger partial charge in [-0.15, -0.1) is 0 Å². The number of aromatic nitrogens is 2. The number of hydrogen-bond acceptors (Lipinski definition) is 4. The number of hydrogen-bond donors (Lipinski definition) is 1. The molecular weight excluding hydrogens is 366 g/mol. The summed E-state index contributed by atoms with van der Waals surface area (Å²) in [5.41, 5.74) is -1.13. The topological polar surface area (TPSA) is 56.2 Å². The number of rotatable bonds is 3. The fraction of sp³-hybridized carbons (Fsp3) is 0.222. The van der Waals surface area contributed by atoms with E-state index in [-0.39, 0.29) is 18.5 Å². The van der Waals surface area contributed by atoms with Gasteiger partial charge in [-0.1, -0.05) is 18.2 Å². The van der Waals surface area contributed by atoms with Crippen LogP contribution >= 0.6 is 0 Å². The number of nitrogens with one attached hydrogen (secondary N) is 1. The minimum atomic E-state index is -4.58. The van der Waals surface area contributed by atoms with E-state index in [1.54, 1.807) is 30.3 Å². The number of ether oxygens (including phenoxy) is 1. The summed E-state index contributed by atoms with van der Waals surface area (Å²) in [4.78, 5) is 16.4. The van der Waals surface area contributed by atoms with Crippen LogP contribution in [-0.4, -0.2) is 30.9 Å². The van der Waals surface area contributed by atoms with E-state index in [1.165, 1.54) is 14.2 Å². The second kappa shape index (κ2) is 8.07. The van der Waals surface area contributed by atoms with E-state index in [1.807, 2.05) is 0 Å². The zero-order chi connectivity index (χ0) is 20.2. The van der Waals surface area contributed by atoms with Crippen molar-refractivity contribution >= 4 is 16.7 Å². The molecule has 3 rings (SSSR count). The Labute approximate surface area is 153 Å². The van der Waals surface area contributed by atoms with Gasteiger partial charge in [-0.3, -0.25) is 8.96 Å². The lowest BCUT2D eigenvalue weighted by Crippen LogP contribution is -2.23. The maximum absolute atomic E-state index is 13.3. The fourth-order valence-corrected chi connectivity index (χ4v) is 2.65. The highest BCUT2D eigenvalue weighted by atomic mass is 19.4. The molecule has 0 saturated heterocycles. The molecule has 0 amide bonds. The van der Waals surface area contributed by atoms with E-state index < -0.39 is 17.4 Å². The minimum Gasteiger partial charge on any atom is -0.496 e. The molecule has 0 unspecified atom stereocenters. The Balaban J connectivity index is 0.00000127.